The minimum Gasteiger partial charge on any atom is -0.252 e. The van der Waals surface area contributed by atoms with Crippen LogP contribution in [0.5, 0.6) is 0 Å². The molecule has 8 N–H and O–H groups in total. The first-order chi connectivity index (χ1) is 4.92. The van der Waals surface area contributed by atoms with Crippen molar-refractivity contribution in [2.24, 2.45) is 23.4 Å². The highest BCUT2D eigenvalue weighted by atomic mass is 16.8. The fourth-order valence-electron chi connectivity index (χ4n) is 0.521. The number of rotatable bonds is 4. The average Bonchev–Trinajstić information content (AvgIpc) is 1.86. The lowest BCUT2D eigenvalue weighted by Crippen LogP contribution is -2.60. The smallest absolute Gasteiger partial charge is 0.168 e. The fourth-order valence-corrected chi connectivity index (χ4v) is 0.521. The van der Waals surface area contributed by atoms with Gasteiger partial charge in [-0.3, -0.25) is 11.7 Å². The second kappa shape index (κ2) is 3.93. The van der Waals surface area contributed by atoms with Crippen LogP contribution in [0.4, 0.5) is 0 Å². The molecule has 0 fully saturated rings. The minimum atomic E-state index is -0.872. The molecule has 0 bridgehead atoms. The SMILES string of the molecule is CCC(C)(ON(N)N)N(N)N. The van der Waals surface area contributed by atoms with E-state index < -0.39 is 5.72 Å². The quantitative estimate of drug-likeness (QED) is 0.218. The van der Waals surface area contributed by atoms with Gasteiger partial charge in [-0.2, -0.15) is 5.12 Å². The lowest BCUT2D eigenvalue weighted by atomic mass is 10.2. The molecule has 0 aromatic carbocycles. The summed E-state index contributed by atoms with van der Waals surface area (Å²) in [4.78, 5) is 4.91. The standard InChI is InChI=1S/C4H16N6O/c1-3-4(2,9(5)6)11-10(7)8/h3,5-8H2,1-2H3. The van der Waals surface area contributed by atoms with Gasteiger partial charge in [0.1, 0.15) is 0 Å². The Morgan fingerprint density at radius 2 is 1.73 bits per heavy atom. The Hall–Kier alpha value is -0.280. The zero-order valence-electron chi connectivity index (χ0n) is 6.82. The van der Waals surface area contributed by atoms with Crippen molar-refractivity contribution in [1.82, 2.24) is 10.4 Å². The van der Waals surface area contributed by atoms with Gasteiger partial charge in [0.25, 0.3) is 0 Å². The van der Waals surface area contributed by atoms with Gasteiger partial charge in [-0.05, 0) is 13.3 Å². The summed E-state index contributed by atoms with van der Waals surface area (Å²) in [6.07, 6.45) is 0.560. The van der Waals surface area contributed by atoms with Gasteiger partial charge in [0.15, 0.2) is 5.72 Å². The Kier molecular flexibility index (Phi) is 3.83. The molecule has 1 atom stereocenters. The van der Waals surface area contributed by atoms with Gasteiger partial charge in [0.2, 0.25) is 0 Å². The monoisotopic (exact) mass is 164 g/mol. The molecule has 0 aromatic heterocycles. The number of nitrogens with two attached hydrogens (primary N) is 4. The Balaban J connectivity index is 4.10. The molecule has 0 aliphatic rings. The fraction of sp³-hybridized carbons (Fsp3) is 1.00. The van der Waals surface area contributed by atoms with Crippen molar-refractivity contribution in [1.29, 1.82) is 0 Å². The van der Waals surface area contributed by atoms with E-state index >= 15 is 0 Å². The van der Waals surface area contributed by atoms with E-state index in [0.717, 1.165) is 5.12 Å². The van der Waals surface area contributed by atoms with E-state index in [9.17, 15) is 0 Å². The van der Waals surface area contributed by atoms with Gasteiger partial charge in [-0.15, -0.1) is 0 Å². The number of hydrazine groups is 4. The molecule has 0 saturated heterocycles. The van der Waals surface area contributed by atoms with Crippen LogP contribution in [-0.2, 0) is 4.84 Å². The highest BCUT2D eigenvalue weighted by Gasteiger charge is 2.29. The minimum absolute atomic E-state index is 0.560. The molecule has 68 valence electrons. The summed E-state index contributed by atoms with van der Waals surface area (Å²) in [5.41, 5.74) is -0.872. The van der Waals surface area contributed by atoms with Crippen LogP contribution in [0, 0.1) is 0 Å². The molecule has 0 radical (unpaired) electrons. The summed E-state index contributed by atoms with van der Waals surface area (Å²) in [6.45, 7) is 3.51. The van der Waals surface area contributed by atoms with Crippen LogP contribution >= 0.6 is 0 Å². The molecule has 7 heteroatoms. The van der Waals surface area contributed by atoms with Gasteiger partial charge in [0, 0.05) is 0 Å². The molecule has 1 unspecified atom stereocenters. The van der Waals surface area contributed by atoms with Crippen LogP contribution in [0.1, 0.15) is 20.3 Å². The van der Waals surface area contributed by atoms with Gasteiger partial charge in [-0.25, -0.2) is 16.5 Å². The lowest BCUT2D eigenvalue weighted by molar-refractivity contribution is -0.301. The van der Waals surface area contributed by atoms with Gasteiger partial charge in [0.05, 0.1) is 0 Å². The van der Waals surface area contributed by atoms with Crippen molar-refractivity contribution in [3.63, 3.8) is 0 Å². The summed E-state index contributed by atoms with van der Waals surface area (Å²) >= 11 is 0. The predicted molar refractivity (Wildman–Crippen MR) is 40.2 cm³/mol. The molecule has 7 nitrogen and oxygen atoms in total. The maximum absolute atomic E-state index is 5.28. The lowest BCUT2D eigenvalue weighted by Gasteiger charge is -2.34. The molecule has 0 heterocycles. The van der Waals surface area contributed by atoms with Crippen molar-refractivity contribution >= 4 is 0 Å². The summed E-state index contributed by atoms with van der Waals surface area (Å²) in [5, 5.41) is 1.50. The first kappa shape index (κ1) is 10.7. The van der Waals surface area contributed by atoms with Gasteiger partial charge < -0.3 is 0 Å². The third-order valence-electron chi connectivity index (χ3n) is 1.50. The largest absolute Gasteiger partial charge is 0.252 e. The van der Waals surface area contributed by atoms with Gasteiger partial charge >= 0.3 is 0 Å². The van der Waals surface area contributed by atoms with Crippen LogP contribution in [0.15, 0.2) is 0 Å². The van der Waals surface area contributed by atoms with Crippen molar-refractivity contribution in [2.75, 3.05) is 0 Å². The Morgan fingerprint density at radius 1 is 1.27 bits per heavy atom. The molecular weight excluding hydrogens is 148 g/mol. The van der Waals surface area contributed by atoms with Crippen LogP contribution in [0.2, 0.25) is 0 Å². The molecule has 0 saturated carbocycles. The first-order valence-corrected chi connectivity index (χ1v) is 3.20. The van der Waals surface area contributed by atoms with Crippen molar-refractivity contribution in [2.45, 2.75) is 26.0 Å². The normalized spacial score (nSPS) is 17.5. The first-order valence-electron chi connectivity index (χ1n) is 3.20. The van der Waals surface area contributed by atoms with Crippen LogP contribution < -0.4 is 23.4 Å². The second-order valence-corrected chi connectivity index (χ2v) is 2.39. The van der Waals surface area contributed by atoms with E-state index in [1.807, 2.05) is 6.92 Å². The predicted octanol–water partition coefficient (Wildman–Crippen LogP) is -1.86. The van der Waals surface area contributed by atoms with E-state index in [0.29, 0.717) is 11.7 Å². The van der Waals surface area contributed by atoms with Crippen LogP contribution in [0.3, 0.4) is 0 Å². The van der Waals surface area contributed by atoms with Gasteiger partial charge in [-0.1, -0.05) is 12.2 Å². The number of hydrogen-bond acceptors (Lipinski definition) is 7. The number of hydrogen-bond donors (Lipinski definition) is 4. The van der Waals surface area contributed by atoms with E-state index in [2.05, 4.69) is 0 Å². The number of nitrogens with zero attached hydrogens (tertiary/aromatic N) is 2. The highest BCUT2D eigenvalue weighted by molar-refractivity contribution is 4.64. The zero-order chi connectivity index (χ0) is 9.07. The van der Waals surface area contributed by atoms with Crippen molar-refractivity contribution in [3.05, 3.63) is 0 Å². The molecule has 0 aromatic rings. The molecule has 0 rings (SSSR count). The van der Waals surface area contributed by atoms with Crippen molar-refractivity contribution in [3.8, 4) is 0 Å². The van der Waals surface area contributed by atoms with Crippen LogP contribution in [0.25, 0.3) is 0 Å². The van der Waals surface area contributed by atoms with E-state index in [1.165, 1.54) is 0 Å². The maximum Gasteiger partial charge on any atom is 0.168 e. The van der Waals surface area contributed by atoms with Crippen molar-refractivity contribution < 1.29 is 4.84 Å². The van der Waals surface area contributed by atoms with E-state index in [-0.39, 0.29) is 0 Å². The summed E-state index contributed by atoms with van der Waals surface area (Å²) < 4.78 is 0. The van der Waals surface area contributed by atoms with E-state index in [1.54, 1.807) is 6.92 Å². The highest BCUT2D eigenvalue weighted by Crippen LogP contribution is 2.14. The van der Waals surface area contributed by atoms with E-state index in [4.69, 9.17) is 28.2 Å². The molecule has 0 aliphatic heterocycles. The summed E-state index contributed by atoms with van der Waals surface area (Å²) in [6, 6.07) is 0. The molecule has 0 amide bonds. The zero-order valence-corrected chi connectivity index (χ0v) is 6.82. The summed E-state index contributed by atoms with van der Waals surface area (Å²) in [5.74, 6) is 20.6. The molecule has 0 spiro atoms. The topological polar surface area (TPSA) is 120 Å². The Morgan fingerprint density at radius 3 is 1.82 bits per heavy atom. The van der Waals surface area contributed by atoms with Crippen LogP contribution in [-0.4, -0.2) is 16.1 Å². The molecule has 11 heavy (non-hydrogen) atoms. The molecular formula is C4H16N6O. The average molecular weight is 164 g/mol. The Labute approximate surface area is 65.7 Å². The maximum atomic E-state index is 5.28. The molecule has 0 aliphatic carbocycles. The third-order valence-corrected chi connectivity index (χ3v) is 1.50. The Bertz CT molecular complexity index is 117. The second-order valence-electron chi connectivity index (χ2n) is 2.39. The third kappa shape index (κ3) is 3.08. The summed E-state index contributed by atoms with van der Waals surface area (Å²) in [7, 11) is 0.